The first-order valence-corrected chi connectivity index (χ1v) is 14.0. The number of ether oxygens (including phenoxy) is 2. The maximum atomic E-state index is 13.1. The molecule has 3 aliphatic rings. The zero-order valence-electron chi connectivity index (χ0n) is 19.3. The Morgan fingerprint density at radius 2 is 1.92 bits per heavy atom. The van der Waals surface area contributed by atoms with Gasteiger partial charge in [-0.25, -0.2) is 0 Å². The third kappa shape index (κ3) is 4.45. The molecule has 0 unspecified atom stereocenters. The highest BCUT2D eigenvalue weighted by Crippen LogP contribution is 2.34. The number of nitrogens with zero attached hydrogens (tertiary/aromatic N) is 3. The molecule has 0 atom stereocenters. The highest BCUT2D eigenvalue weighted by atomic mass is 32.2. The van der Waals surface area contributed by atoms with Crippen LogP contribution in [-0.4, -0.2) is 69.5 Å². The number of thiophene rings is 1. The third-order valence-electron chi connectivity index (χ3n) is 6.44. The van der Waals surface area contributed by atoms with E-state index in [4.69, 9.17) is 9.47 Å². The normalized spacial score (nSPS) is 18.7. The standard InChI is InChI=1S/C25H24N4O5S2/c30-25(18-5-7-20-21(13-18)34-16-33-20)29-9-2-8-28(10-11-29)15-24-26-19-6-4-17(22-3-1-12-35-22)14-23(19)36(31,32)27-24/h1,3-7,12-14H,2,8-11,15-16H2,(H,26,27). The molecule has 3 aromatic rings. The van der Waals surface area contributed by atoms with Crippen LogP contribution in [0.3, 0.4) is 0 Å². The van der Waals surface area contributed by atoms with E-state index in [1.165, 1.54) is 0 Å². The first-order valence-electron chi connectivity index (χ1n) is 11.7. The molecule has 4 heterocycles. The van der Waals surface area contributed by atoms with Gasteiger partial charge in [-0.3, -0.25) is 9.69 Å². The van der Waals surface area contributed by atoms with Crippen LogP contribution in [0.2, 0.25) is 0 Å². The molecule has 36 heavy (non-hydrogen) atoms. The number of hydrogen-bond donors (Lipinski definition) is 1. The predicted molar refractivity (Wildman–Crippen MR) is 138 cm³/mol. The number of amides is 1. The maximum absolute atomic E-state index is 13.1. The first kappa shape index (κ1) is 23.0. The van der Waals surface area contributed by atoms with Gasteiger partial charge in [0.05, 0.1) is 12.2 Å². The zero-order chi connectivity index (χ0) is 24.7. The summed E-state index contributed by atoms with van der Waals surface area (Å²) in [5, 5.41) is 5.16. The smallest absolute Gasteiger partial charge is 0.286 e. The number of anilines is 1. The fourth-order valence-corrected chi connectivity index (χ4v) is 6.52. The minimum atomic E-state index is -3.81. The molecule has 0 spiro atoms. The average molecular weight is 525 g/mol. The Morgan fingerprint density at radius 3 is 2.78 bits per heavy atom. The topological polar surface area (TPSA) is 101 Å². The molecule has 1 aromatic heterocycles. The van der Waals surface area contributed by atoms with Crippen molar-refractivity contribution in [2.24, 2.45) is 4.40 Å². The molecule has 0 saturated carbocycles. The summed E-state index contributed by atoms with van der Waals surface area (Å²) >= 11 is 1.56. The summed E-state index contributed by atoms with van der Waals surface area (Å²) in [5.74, 6) is 1.57. The van der Waals surface area contributed by atoms with Gasteiger partial charge in [-0.05, 0) is 53.8 Å². The summed E-state index contributed by atoms with van der Waals surface area (Å²) < 4.78 is 40.8. The second-order valence-electron chi connectivity index (χ2n) is 8.82. The molecule has 3 aliphatic heterocycles. The molecule has 0 bridgehead atoms. The molecule has 0 aliphatic carbocycles. The van der Waals surface area contributed by atoms with E-state index < -0.39 is 10.0 Å². The lowest BCUT2D eigenvalue weighted by molar-refractivity contribution is 0.0762. The van der Waals surface area contributed by atoms with E-state index >= 15 is 0 Å². The van der Waals surface area contributed by atoms with Gasteiger partial charge in [0.25, 0.3) is 15.9 Å². The molecule has 9 nitrogen and oxygen atoms in total. The van der Waals surface area contributed by atoms with Crippen LogP contribution in [0.1, 0.15) is 16.8 Å². The van der Waals surface area contributed by atoms with Crippen LogP contribution in [0.4, 0.5) is 5.69 Å². The van der Waals surface area contributed by atoms with Crippen LogP contribution < -0.4 is 14.8 Å². The number of amidine groups is 1. The van der Waals surface area contributed by atoms with Gasteiger partial charge in [0.1, 0.15) is 10.7 Å². The van der Waals surface area contributed by atoms with Crippen LogP contribution in [0, 0.1) is 0 Å². The van der Waals surface area contributed by atoms with Crippen LogP contribution in [0.25, 0.3) is 10.4 Å². The molecule has 186 valence electrons. The van der Waals surface area contributed by atoms with Gasteiger partial charge >= 0.3 is 0 Å². The summed E-state index contributed by atoms with van der Waals surface area (Å²) in [5.41, 5.74) is 1.96. The summed E-state index contributed by atoms with van der Waals surface area (Å²) in [6, 6.07) is 14.5. The van der Waals surface area contributed by atoms with Gasteiger partial charge in [0.15, 0.2) is 11.5 Å². The van der Waals surface area contributed by atoms with Crippen molar-refractivity contribution in [2.75, 3.05) is 44.8 Å². The summed E-state index contributed by atoms with van der Waals surface area (Å²) in [6.45, 7) is 3.03. The minimum absolute atomic E-state index is 0.0543. The quantitative estimate of drug-likeness (QED) is 0.558. The lowest BCUT2D eigenvalue weighted by Gasteiger charge is -2.25. The minimum Gasteiger partial charge on any atom is -0.454 e. The second-order valence-corrected chi connectivity index (χ2v) is 11.3. The molecular weight excluding hydrogens is 500 g/mol. The lowest BCUT2D eigenvalue weighted by atomic mass is 10.1. The van der Waals surface area contributed by atoms with Gasteiger partial charge in [-0.15, -0.1) is 15.7 Å². The highest BCUT2D eigenvalue weighted by molar-refractivity contribution is 7.90. The number of sulfonamides is 1. The van der Waals surface area contributed by atoms with Gasteiger partial charge < -0.3 is 19.7 Å². The number of carbonyl (C=O) groups excluding carboxylic acids is 1. The largest absolute Gasteiger partial charge is 0.454 e. The van der Waals surface area contributed by atoms with Crippen molar-refractivity contribution in [1.29, 1.82) is 0 Å². The van der Waals surface area contributed by atoms with Crippen LogP contribution in [-0.2, 0) is 10.0 Å². The Hall–Kier alpha value is -3.41. The number of nitrogens with one attached hydrogen (secondary N) is 1. The first-order chi connectivity index (χ1) is 17.5. The summed E-state index contributed by atoms with van der Waals surface area (Å²) in [7, 11) is -3.81. The molecule has 1 saturated heterocycles. The zero-order valence-corrected chi connectivity index (χ0v) is 21.0. The van der Waals surface area contributed by atoms with Crippen molar-refractivity contribution in [2.45, 2.75) is 11.3 Å². The maximum Gasteiger partial charge on any atom is 0.286 e. The molecule has 2 aromatic carbocycles. The van der Waals surface area contributed by atoms with Crippen molar-refractivity contribution < 1.29 is 22.7 Å². The molecule has 1 amide bonds. The van der Waals surface area contributed by atoms with Gasteiger partial charge in [-0.2, -0.15) is 8.42 Å². The van der Waals surface area contributed by atoms with E-state index in [1.54, 1.807) is 41.7 Å². The number of rotatable bonds is 4. The van der Waals surface area contributed by atoms with Crippen LogP contribution in [0.15, 0.2) is 63.2 Å². The van der Waals surface area contributed by atoms with E-state index in [9.17, 15) is 13.2 Å². The molecule has 1 N–H and O–H groups in total. The lowest BCUT2D eigenvalue weighted by Crippen LogP contribution is -2.39. The van der Waals surface area contributed by atoms with Crippen LogP contribution >= 0.6 is 11.3 Å². The van der Waals surface area contributed by atoms with Gasteiger partial charge in [-0.1, -0.05) is 12.1 Å². The second kappa shape index (κ2) is 9.23. The number of benzene rings is 2. The average Bonchev–Trinajstić information content (AvgIpc) is 3.52. The molecule has 0 radical (unpaired) electrons. The Labute approximate surface area is 213 Å². The summed E-state index contributed by atoms with van der Waals surface area (Å²) in [4.78, 5) is 18.2. The van der Waals surface area contributed by atoms with E-state index in [0.717, 1.165) is 23.4 Å². The van der Waals surface area contributed by atoms with Crippen LogP contribution in [0.5, 0.6) is 11.5 Å². The van der Waals surface area contributed by atoms with E-state index in [2.05, 4.69) is 14.6 Å². The molecule has 6 rings (SSSR count). The Bertz CT molecular complexity index is 1450. The Balaban J connectivity index is 1.13. The van der Waals surface area contributed by atoms with Crippen molar-refractivity contribution in [3.05, 3.63) is 59.5 Å². The monoisotopic (exact) mass is 524 g/mol. The van der Waals surface area contributed by atoms with Crippen molar-refractivity contribution in [3.8, 4) is 21.9 Å². The third-order valence-corrected chi connectivity index (χ3v) is 8.72. The van der Waals surface area contributed by atoms with Gasteiger partial charge in [0, 0.05) is 36.6 Å². The predicted octanol–water partition coefficient (Wildman–Crippen LogP) is 3.50. The van der Waals surface area contributed by atoms with E-state index in [0.29, 0.717) is 54.8 Å². The van der Waals surface area contributed by atoms with E-state index in [-0.39, 0.29) is 17.6 Å². The molecular formula is C25H24N4O5S2. The van der Waals surface area contributed by atoms with E-state index in [1.807, 2.05) is 28.5 Å². The van der Waals surface area contributed by atoms with Crippen molar-refractivity contribution >= 4 is 38.8 Å². The SMILES string of the molecule is O=C(c1ccc2c(c1)OCO2)N1CCCN(CC2=NS(=O)(=O)c3cc(-c4cccs4)ccc3N2)CC1. The van der Waals surface area contributed by atoms with Crippen molar-refractivity contribution in [3.63, 3.8) is 0 Å². The highest BCUT2D eigenvalue weighted by Gasteiger charge is 2.28. The molecule has 11 heteroatoms. The fraction of sp³-hybridized carbons (Fsp3) is 0.280. The Morgan fingerprint density at radius 1 is 1.03 bits per heavy atom. The van der Waals surface area contributed by atoms with Crippen molar-refractivity contribution in [1.82, 2.24) is 9.80 Å². The molecule has 1 fully saturated rings. The number of hydrogen-bond acceptors (Lipinski definition) is 8. The Kier molecular flexibility index (Phi) is 5.90. The van der Waals surface area contributed by atoms with Gasteiger partial charge in [0.2, 0.25) is 6.79 Å². The number of fused-ring (bicyclic) bond motifs is 2. The number of carbonyl (C=O) groups is 1. The fourth-order valence-electron chi connectivity index (χ4n) is 4.63. The summed E-state index contributed by atoms with van der Waals surface area (Å²) in [6.07, 6.45) is 0.775.